The zero-order valence-electron chi connectivity index (χ0n) is 11.8. The first-order chi connectivity index (χ1) is 9.67. The van der Waals surface area contributed by atoms with Gasteiger partial charge in [0.1, 0.15) is 5.75 Å². The molecule has 0 aliphatic carbocycles. The van der Waals surface area contributed by atoms with Crippen molar-refractivity contribution in [1.82, 2.24) is 10.2 Å². The lowest BCUT2D eigenvalue weighted by Gasteiger charge is -2.31. The van der Waals surface area contributed by atoms with E-state index >= 15 is 0 Å². The first-order valence-corrected chi connectivity index (χ1v) is 7.86. The normalized spacial score (nSPS) is 16.9. The molecule has 1 aromatic carbocycles. The Bertz CT molecular complexity index is 428. The molecule has 4 nitrogen and oxygen atoms in total. The van der Waals surface area contributed by atoms with E-state index in [0.717, 1.165) is 36.9 Å². The molecule has 1 aliphatic rings. The first kappa shape index (κ1) is 15.3. The van der Waals surface area contributed by atoms with Gasteiger partial charge in [-0.3, -0.25) is 4.79 Å². The smallest absolute Gasteiger partial charge is 0.258 e. The van der Waals surface area contributed by atoms with Gasteiger partial charge in [0.05, 0.1) is 0 Å². The summed E-state index contributed by atoms with van der Waals surface area (Å²) in [7, 11) is 0. The number of nitrogens with zero attached hydrogens (tertiary/aromatic N) is 1. The molecule has 1 aliphatic heterocycles. The number of rotatable bonds is 5. The van der Waals surface area contributed by atoms with Crippen LogP contribution in [-0.4, -0.2) is 43.1 Å². The molecule has 2 rings (SSSR count). The van der Waals surface area contributed by atoms with Crippen molar-refractivity contribution in [3.63, 3.8) is 0 Å². The lowest BCUT2D eigenvalue weighted by atomic mass is 10.1. The second-order valence-electron chi connectivity index (χ2n) is 5.02. The molecule has 5 heteroatoms. The molecule has 1 saturated heterocycles. The van der Waals surface area contributed by atoms with Gasteiger partial charge in [-0.05, 0) is 43.7 Å². The molecule has 0 atom stereocenters. The highest BCUT2D eigenvalue weighted by Gasteiger charge is 2.19. The van der Waals surface area contributed by atoms with Gasteiger partial charge in [-0.1, -0.05) is 22.9 Å². The SMILES string of the molecule is CCN1CCC(NC(=O)COc2ccc(Br)cc2)CC1. The van der Waals surface area contributed by atoms with Crippen molar-refractivity contribution >= 4 is 21.8 Å². The minimum atomic E-state index is -0.0390. The number of benzene rings is 1. The van der Waals surface area contributed by atoms with Gasteiger partial charge in [0, 0.05) is 23.6 Å². The summed E-state index contributed by atoms with van der Waals surface area (Å²) in [4.78, 5) is 14.2. The molecule has 0 aromatic heterocycles. The Hall–Kier alpha value is -1.07. The largest absolute Gasteiger partial charge is 0.484 e. The Morgan fingerprint density at radius 2 is 2.00 bits per heavy atom. The van der Waals surface area contributed by atoms with Crippen LogP contribution in [0.3, 0.4) is 0 Å². The van der Waals surface area contributed by atoms with Crippen LogP contribution in [-0.2, 0) is 4.79 Å². The molecule has 1 fully saturated rings. The summed E-state index contributed by atoms with van der Waals surface area (Å²) in [5, 5.41) is 3.05. The van der Waals surface area contributed by atoms with Crippen molar-refractivity contribution in [1.29, 1.82) is 0 Å². The van der Waals surface area contributed by atoms with Crippen LogP contribution in [0.4, 0.5) is 0 Å². The predicted molar refractivity (Wildman–Crippen MR) is 82.9 cm³/mol. The van der Waals surface area contributed by atoms with E-state index in [1.54, 1.807) is 0 Å². The van der Waals surface area contributed by atoms with E-state index in [9.17, 15) is 4.79 Å². The number of carbonyl (C=O) groups excluding carboxylic acids is 1. The third-order valence-electron chi connectivity index (χ3n) is 3.58. The number of hydrogen-bond acceptors (Lipinski definition) is 3. The minimum Gasteiger partial charge on any atom is -0.484 e. The van der Waals surface area contributed by atoms with Gasteiger partial charge >= 0.3 is 0 Å². The number of likely N-dealkylation sites (tertiary alicyclic amines) is 1. The van der Waals surface area contributed by atoms with Crippen LogP contribution in [0.2, 0.25) is 0 Å². The molecule has 0 bridgehead atoms. The van der Waals surface area contributed by atoms with E-state index in [-0.39, 0.29) is 12.5 Å². The molecule has 0 spiro atoms. The number of piperidine rings is 1. The van der Waals surface area contributed by atoms with Crippen LogP contribution in [0.15, 0.2) is 28.7 Å². The fourth-order valence-electron chi connectivity index (χ4n) is 2.34. The number of ether oxygens (including phenoxy) is 1. The Balaban J connectivity index is 1.69. The van der Waals surface area contributed by atoms with Gasteiger partial charge in [0.15, 0.2) is 6.61 Å². The van der Waals surface area contributed by atoms with Crippen molar-refractivity contribution in [2.75, 3.05) is 26.2 Å². The maximum atomic E-state index is 11.8. The number of halogens is 1. The summed E-state index contributed by atoms with van der Waals surface area (Å²) in [5.74, 6) is 0.673. The maximum absolute atomic E-state index is 11.8. The highest BCUT2D eigenvalue weighted by molar-refractivity contribution is 9.10. The van der Waals surface area contributed by atoms with E-state index in [1.807, 2.05) is 24.3 Å². The van der Waals surface area contributed by atoms with Crippen molar-refractivity contribution in [2.24, 2.45) is 0 Å². The number of amides is 1. The highest BCUT2D eigenvalue weighted by Crippen LogP contribution is 2.16. The van der Waals surface area contributed by atoms with Gasteiger partial charge < -0.3 is 15.0 Å². The number of carbonyl (C=O) groups is 1. The Labute approximate surface area is 128 Å². The van der Waals surface area contributed by atoms with Crippen LogP contribution >= 0.6 is 15.9 Å². The summed E-state index contributed by atoms with van der Waals surface area (Å²) in [6.07, 6.45) is 2.05. The second-order valence-corrected chi connectivity index (χ2v) is 5.93. The fraction of sp³-hybridized carbons (Fsp3) is 0.533. The van der Waals surface area contributed by atoms with Crippen LogP contribution in [0.25, 0.3) is 0 Å². The molecular formula is C15H21BrN2O2. The van der Waals surface area contributed by atoms with E-state index < -0.39 is 0 Å². The summed E-state index contributed by atoms with van der Waals surface area (Å²) in [5.41, 5.74) is 0. The molecule has 0 radical (unpaired) electrons. The average molecular weight is 341 g/mol. The van der Waals surface area contributed by atoms with Gasteiger partial charge in [-0.25, -0.2) is 0 Å². The van der Waals surface area contributed by atoms with Crippen molar-refractivity contribution in [3.05, 3.63) is 28.7 Å². The van der Waals surface area contributed by atoms with E-state index in [1.165, 1.54) is 0 Å². The van der Waals surface area contributed by atoms with Crippen LogP contribution in [0.1, 0.15) is 19.8 Å². The lowest BCUT2D eigenvalue weighted by Crippen LogP contribution is -2.45. The predicted octanol–water partition coefficient (Wildman–Crippen LogP) is 2.43. The Morgan fingerprint density at radius 3 is 2.60 bits per heavy atom. The van der Waals surface area contributed by atoms with Gasteiger partial charge in [0.25, 0.3) is 5.91 Å². The third kappa shape index (κ3) is 4.80. The molecule has 110 valence electrons. The molecular weight excluding hydrogens is 320 g/mol. The summed E-state index contributed by atoms with van der Waals surface area (Å²) in [6.45, 7) is 5.47. The molecule has 0 unspecified atom stereocenters. The zero-order chi connectivity index (χ0) is 14.4. The van der Waals surface area contributed by atoms with Crippen LogP contribution in [0, 0.1) is 0 Å². The number of nitrogens with one attached hydrogen (secondary N) is 1. The van der Waals surface area contributed by atoms with Crippen LogP contribution in [0.5, 0.6) is 5.75 Å². The first-order valence-electron chi connectivity index (χ1n) is 7.07. The van der Waals surface area contributed by atoms with Crippen LogP contribution < -0.4 is 10.1 Å². The maximum Gasteiger partial charge on any atom is 0.258 e. The summed E-state index contributed by atoms with van der Waals surface area (Å²) < 4.78 is 6.46. The monoisotopic (exact) mass is 340 g/mol. The molecule has 1 aromatic rings. The highest BCUT2D eigenvalue weighted by atomic mass is 79.9. The zero-order valence-corrected chi connectivity index (χ0v) is 13.4. The molecule has 20 heavy (non-hydrogen) atoms. The Morgan fingerprint density at radius 1 is 1.35 bits per heavy atom. The van der Waals surface area contributed by atoms with E-state index in [4.69, 9.17) is 4.74 Å². The minimum absolute atomic E-state index is 0.0390. The summed E-state index contributed by atoms with van der Waals surface area (Å²) in [6, 6.07) is 7.77. The molecule has 0 saturated carbocycles. The second kappa shape index (κ2) is 7.64. The van der Waals surface area contributed by atoms with Gasteiger partial charge in [-0.15, -0.1) is 0 Å². The van der Waals surface area contributed by atoms with Gasteiger partial charge in [-0.2, -0.15) is 0 Å². The standard InChI is InChI=1S/C15H21BrN2O2/c1-2-18-9-7-13(8-10-18)17-15(19)11-20-14-5-3-12(16)4-6-14/h3-6,13H,2,7-11H2,1H3,(H,17,19). The fourth-order valence-corrected chi connectivity index (χ4v) is 2.61. The quantitative estimate of drug-likeness (QED) is 0.894. The third-order valence-corrected chi connectivity index (χ3v) is 4.11. The van der Waals surface area contributed by atoms with Gasteiger partial charge in [0.2, 0.25) is 0 Å². The van der Waals surface area contributed by atoms with E-state index in [2.05, 4.69) is 33.1 Å². The average Bonchev–Trinajstić information content (AvgIpc) is 2.47. The molecule has 1 N–H and O–H groups in total. The van der Waals surface area contributed by atoms with Crippen molar-refractivity contribution < 1.29 is 9.53 Å². The molecule has 1 amide bonds. The number of hydrogen-bond donors (Lipinski definition) is 1. The molecule has 1 heterocycles. The van der Waals surface area contributed by atoms with E-state index in [0.29, 0.717) is 11.8 Å². The Kier molecular flexibility index (Phi) is 5.86. The topological polar surface area (TPSA) is 41.6 Å². The van der Waals surface area contributed by atoms with Crippen molar-refractivity contribution in [2.45, 2.75) is 25.8 Å². The summed E-state index contributed by atoms with van der Waals surface area (Å²) >= 11 is 3.36. The lowest BCUT2D eigenvalue weighted by molar-refractivity contribution is -0.124. The van der Waals surface area contributed by atoms with Crippen molar-refractivity contribution in [3.8, 4) is 5.75 Å².